The molecule has 0 aliphatic carbocycles. The standard InChI is InChI=1S/C16H34NO2.ClH/c1-4-6-7-8-9-10-11-12-13-14-15-16(18)17(3,19)5-2;/h19H,4-15H2,1-3H3;1H/q+1;/p-1. The van der Waals surface area contributed by atoms with E-state index in [9.17, 15) is 10.0 Å². The van der Waals surface area contributed by atoms with Gasteiger partial charge in [0.15, 0.2) is 0 Å². The molecular weight excluding hydrogens is 274 g/mol. The van der Waals surface area contributed by atoms with Crippen molar-refractivity contribution >= 4 is 5.91 Å². The first-order valence-electron chi connectivity index (χ1n) is 8.16. The first-order chi connectivity index (χ1) is 9.04. The predicted octanol–water partition coefficient (Wildman–Crippen LogP) is 1.68. The molecule has 0 spiro atoms. The summed E-state index contributed by atoms with van der Waals surface area (Å²) in [6.07, 6.45) is 13.2. The molecule has 0 aromatic carbocycles. The van der Waals surface area contributed by atoms with Crippen LogP contribution < -0.4 is 12.4 Å². The number of unbranched alkanes of at least 4 members (excludes halogenated alkanes) is 9. The Kier molecular flexibility index (Phi) is 15.3. The Morgan fingerprint density at radius 1 is 0.850 bits per heavy atom. The third-order valence-corrected chi connectivity index (χ3v) is 3.90. The lowest BCUT2D eigenvalue weighted by Gasteiger charge is -2.20. The molecule has 0 bridgehead atoms. The molecule has 1 atom stereocenters. The molecule has 0 saturated carbocycles. The van der Waals surface area contributed by atoms with Gasteiger partial charge < -0.3 is 12.4 Å². The van der Waals surface area contributed by atoms with E-state index in [1.165, 1.54) is 51.4 Å². The topological polar surface area (TPSA) is 37.3 Å². The van der Waals surface area contributed by atoms with Crippen molar-refractivity contribution in [3.05, 3.63) is 0 Å². The van der Waals surface area contributed by atoms with Crippen LogP contribution in [0, 0.1) is 0 Å². The number of halogens is 1. The lowest BCUT2D eigenvalue weighted by Crippen LogP contribution is -3.00. The van der Waals surface area contributed by atoms with E-state index in [1.54, 1.807) is 7.05 Å². The second-order valence-electron chi connectivity index (χ2n) is 5.78. The molecule has 0 aromatic rings. The van der Waals surface area contributed by atoms with Crippen molar-refractivity contribution in [3.63, 3.8) is 0 Å². The molecule has 0 heterocycles. The fraction of sp³-hybridized carbons (Fsp3) is 0.938. The van der Waals surface area contributed by atoms with Gasteiger partial charge in [0.25, 0.3) is 0 Å². The van der Waals surface area contributed by atoms with Gasteiger partial charge in [0.1, 0.15) is 13.6 Å². The number of hydrogen-bond acceptors (Lipinski definition) is 2. The molecule has 1 N–H and O–H groups in total. The summed E-state index contributed by atoms with van der Waals surface area (Å²) in [6, 6.07) is 0. The number of nitrogens with zero attached hydrogens (tertiary/aromatic N) is 1. The summed E-state index contributed by atoms with van der Waals surface area (Å²) in [6.45, 7) is 4.53. The Balaban J connectivity index is 0. The Labute approximate surface area is 131 Å². The highest BCUT2D eigenvalue weighted by Crippen LogP contribution is 2.12. The van der Waals surface area contributed by atoms with Gasteiger partial charge in [-0.1, -0.05) is 64.7 Å². The molecule has 0 radical (unpaired) electrons. The number of hydroxylamine groups is 3. The average molecular weight is 308 g/mol. The van der Waals surface area contributed by atoms with Crippen LogP contribution in [0.2, 0.25) is 0 Å². The maximum absolute atomic E-state index is 11.7. The van der Waals surface area contributed by atoms with Crippen LogP contribution in [-0.2, 0) is 4.79 Å². The summed E-state index contributed by atoms with van der Waals surface area (Å²) < 4.78 is -0.461. The summed E-state index contributed by atoms with van der Waals surface area (Å²) in [5.74, 6) is -0.0536. The van der Waals surface area contributed by atoms with Crippen LogP contribution in [0.4, 0.5) is 0 Å². The summed E-state index contributed by atoms with van der Waals surface area (Å²) in [5.41, 5.74) is 0. The van der Waals surface area contributed by atoms with E-state index < -0.39 is 4.65 Å². The highest BCUT2D eigenvalue weighted by molar-refractivity contribution is 5.67. The van der Waals surface area contributed by atoms with Crippen LogP contribution in [0.3, 0.4) is 0 Å². The monoisotopic (exact) mass is 307 g/mol. The summed E-state index contributed by atoms with van der Waals surface area (Å²) >= 11 is 0. The van der Waals surface area contributed by atoms with Gasteiger partial charge in [0, 0.05) is 0 Å². The average Bonchev–Trinajstić information content (AvgIpc) is 2.40. The number of carbonyl (C=O) groups is 1. The zero-order valence-electron chi connectivity index (χ0n) is 13.7. The molecular formula is C16H34ClNO2. The van der Waals surface area contributed by atoms with Crippen molar-refractivity contribution in [2.75, 3.05) is 13.6 Å². The van der Waals surface area contributed by atoms with Gasteiger partial charge in [-0.2, -0.15) is 0 Å². The quantitative estimate of drug-likeness (QED) is 0.258. The molecule has 0 saturated heterocycles. The summed E-state index contributed by atoms with van der Waals surface area (Å²) in [4.78, 5) is 11.7. The van der Waals surface area contributed by atoms with Crippen LogP contribution in [0.15, 0.2) is 0 Å². The smallest absolute Gasteiger partial charge is 0.345 e. The second-order valence-corrected chi connectivity index (χ2v) is 5.78. The molecule has 0 aliphatic heterocycles. The molecule has 0 aliphatic rings. The largest absolute Gasteiger partial charge is 1.00 e. The molecule has 4 heteroatoms. The van der Waals surface area contributed by atoms with E-state index in [1.807, 2.05) is 6.92 Å². The number of amides is 1. The van der Waals surface area contributed by atoms with Crippen LogP contribution in [0.1, 0.15) is 84.5 Å². The highest BCUT2D eigenvalue weighted by atomic mass is 35.5. The maximum atomic E-state index is 11.7. The molecule has 1 amide bonds. The van der Waals surface area contributed by atoms with Crippen molar-refractivity contribution in [2.24, 2.45) is 0 Å². The van der Waals surface area contributed by atoms with Gasteiger partial charge in [-0.15, -0.1) is 4.65 Å². The van der Waals surface area contributed by atoms with Gasteiger partial charge in [-0.05, 0) is 13.3 Å². The third kappa shape index (κ3) is 11.7. The van der Waals surface area contributed by atoms with E-state index in [0.717, 1.165) is 12.8 Å². The van der Waals surface area contributed by atoms with E-state index in [0.29, 0.717) is 13.0 Å². The Morgan fingerprint density at radius 3 is 1.65 bits per heavy atom. The van der Waals surface area contributed by atoms with E-state index in [-0.39, 0.29) is 18.3 Å². The van der Waals surface area contributed by atoms with E-state index in [4.69, 9.17) is 0 Å². The van der Waals surface area contributed by atoms with E-state index >= 15 is 0 Å². The van der Waals surface area contributed by atoms with Gasteiger partial charge in [-0.3, -0.25) is 0 Å². The Hall–Kier alpha value is -0.120. The normalized spacial score (nSPS) is 13.6. The highest BCUT2D eigenvalue weighted by Gasteiger charge is 2.26. The fourth-order valence-electron chi connectivity index (χ4n) is 2.18. The zero-order chi connectivity index (χ0) is 14.6. The molecule has 0 rings (SSSR count). The molecule has 0 aromatic heterocycles. The first-order valence-corrected chi connectivity index (χ1v) is 8.16. The molecule has 3 nitrogen and oxygen atoms in total. The minimum absolute atomic E-state index is 0. The van der Waals surface area contributed by atoms with Crippen LogP contribution in [-0.4, -0.2) is 29.4 Å². The van der Waals surface area contributed by atoms with Crippen molar-refractivity contribution in [2.45, 2.75) is 84.5 Å². The van der Waals surface area contributed by atoms with Crippen molar-refractivity contribution in [1.82, 2.24) is 0 Å². The number of carbonyl (C=O) groups excluding carboxylic acids is 1. The SMILES string of the molecule is CCCCCCCCCCCCC(=O)[N+](C)(O)CC.[Cl-]. The van der Waals surface area contributed by atoms with Crippen LogP contribution >= 0.6 is 0 Å². The number of quaternary nitrogens is 1. The fourth-order valence-corrected chi connectivity index (χ4v) is 2.18. The van der Waals surface area contributed by atoms with Crippen molar-refractivity contribution in [3.8, 4) is 0 Å². The van der Waals surface area contributed by atoms with Crippen molar-refractivity contribution in [1.29, 1.82) is 0 Å². The predicted molar refractivity (Wildman–Crippen MR) is 80.0 cm³/mol. The van der Waals surface area contributed by atoms with Gasteiger partial charge >= 0.3 is 5.91 Å². The second kappa shape index (κ2) is 13.8. The molecule has 20 heavy (non-hydrogen) atoms. The van der Waals surface area contributed by atoms with E-state index in [2.05, 4.69) is 6.92 Å². The minimum Gasteiger partial charge on any atom is -1.00 e. The molecule has 1 unspecified atom stereocenters. The molecule has 122 valence electrons. The molecule has 0 fully saturated rings. The van der Waals surface area contributed by atoms with Gasteiger partial charge in [-0.25, -0.2) is 10.0 Å². The maximum Gasteiger partial charge on any atom is 0.345 e. The van der Waals surface area contributed by atoms with Crippen molar-refractivity contribution < 1.29 is 27.1 Å². The van der Waals surface area contributed by atoms with Gasteiger partial charge in [0.05, 0.1) is 6.42 Å². The summed E-state index contributed by atoms with van der Waals surface area (Å²) in [5, 5.41) is 9.72. The lowest BCUT2D eigenvalue weighted by molar-refractivity contribution is -1.02. The summed E-state index contributed by atoms with van der Waals surface area (Å²) in [7, 11) is 1.57. The zero-order valence-corrected chi connectivity index (χ0v) is 14.4. The number of rotatable bonds is 12. The van der Waals surface area contributed by atoms with Crippen LogP contribution in [0.5, 0.6) is 0 Å². The number of hydrogen-bond donors (Lipinski definition) is 1. The van der Waals surface area contributed by atoms with Crippen LogP contribution in [0.25, 0.3) is 0 Å². The third-order valence-electron chi connectivity index (χ3n) is 3.90. The van der Waals surface area contributed by atoms with Gasteiger partial charge in [0.2, 0.25) is 0 Å². The minimum atomic E-state index is -0.461. The lowest BCUT2D eigenvalue weighted by atomic mass is 10.1. The Morgan fingerprint density at radius 2 is 1.25 bits per heavy atom. The Bertz CT molecular complexity index is 233. The first kappa shape index (κ1) is 22.2.